The number of nitriles is 1. The van der Waals surface area contributed by atoms with Gasteiger partial charge in [-0.15, -0.1) is 0 Å². The minimum Gasteiger partial charge on any atom is -0.325 e. The van der Waals surface area contributed by atoms with Crippen LogP contribution in [0.4, 0.5) is 5.69 Å². The third kappa shape index (κ3) is 2.12. The van der Waals surface area contributed by atoms with E-state index in [2.05, 4.69) is 21.4 Å². The van der Waals surface area contributed by atoms with Gasteiger partial charge in [0.1, 0.15) is 12.2 Å². The summed E-state index contributed by atoms with van der Waals surface area (Å²) < 4.78 is 2.00. The van der Waals surface area contributed by atoms with Crippen LogP contribution in [0.15, 0.2) is 30.7 Å². The summed E-state index contributed by atoms with van der Waals surface area (Å²) in [5.41, 5.74) is 3.58. The summed E-state index contributed by atoms with van der Waals surface area (Å²) in [6, 6.07) is 7.74. The standard InChI is InChI=1S/C19H16N6O/c20-8-11-5-6-13-15(7-11)23-19(26)16(13)17-14-9-21-10-22-18(14)24-25(17)12-3-1-2-4-12/h5-7,9-10,12,16H,1-4H2,(H,23,26). The lowest BCUT2D eigenvalue weighted by Crippen LogP contribution is -2.19. The Bertz CT molecular complexity index is 1070. The van der Waals surface area contributed by atoms with Gasteiger partial charge in [-0.3, -0.25) is 9.48 Å². The van der Waals surface area contributed by atoms with Crippen molar-refractivity contribution in [3.05, 3.63) is 47.5 Å². The van der Waals surface area contributed by atoms with Crippen LogP contribution in [-0.2, 0) is 4.79 Å². The predicted octanol–water partition coefficient (Wildman–Crippen LogP) is 2.90. The highest BCUT2D eigenvalue weighted by Crippen LogP contribution is 2.42. The summed E-state index contributed by atoms with van der Waals surface area (Å²) in [6.45, 7) is 0. The summed E-state index contributed by atoms with van der Waals surface area (Å²) in [5.74, 6) is -0.561. The van der Waals surface area contributed by atoms with Gasteiger partial charge in [-0.1, -0.05) is 18.9 Å². The molecule has 7 nitrogen and oxygen atoms in total. The second-order valence-electron chi connectivity index (χ2n) is 6.86. The molecule has 26 heavy (non-hydrogen) atoms. The molecule has 1 fully saturated rings. The van der Waals surface area contributed by atoms with Gasteiger partial charge in [-0.2, -0.15) is 10.4 Å². The third-order valence-electron chi connectivity index (χ3n) is 5.37. The maximum Gasteiger partial charge on any atom is 0.238 e. The van der Waals surface area contributed by atoms with E-state index in [1.165, 1.54) is 19.2 Å². The zero-order chi connectivity index (χ0) is 17.7. The van der Waals surface area contributed by atoms with E-state index in [0.29, 0.717) is 16.9 Å². The van der Waals surface area contributed by atoms with Crippen LogP contribution in [0, 0.1) is 11.3 Å². The second kappa shape index (κ2) is 5.63. The van der Waals surface area contributed by atoms with Crippen LogP contribution in [0.3, 0.4) is 0 Å². The van der Waals surface area contributed by atoms with Crippen molar-refractivity contribution >= 4 is 22.6 Å². The Kier molecular flexibility index (Phi) is 3.25. The fourth-order valence-corrected chi connectivity index (χ4v) is 4.18. The molecule has 7 heteroatoms. The second-order valence-corrected chi connectivity index (χ2v) is 6.86. The molecule has 1 aromatic carbocycles. The molecule has 1 aliphatic heterocycles. The minimum absolute atomic E-state index is 0.0972. The lowest BCUT2D eigenvalue weighted by molar-refractivity contribution is -0.116. The van der Waals surface area contributed by atoms with E-state index in [1.807, 2.05) is 10.7 Å². The fourth-order valence-electron chi connectivity index (χ4n) is 4.18. The van der Waals surface area contributed by atoms with E-state index in [0.717, 1.165) is 29.5 Å². The van der Waals surface area contributed by atoms with Gasteiger partial charge in [0.2, 0.25) is 5.91 Å². The van der Waals surface area contributed by atoms with Crippen LogP contribution < -0.4 is 5.32 Å². The van der Waals surface area contributed by atoms with Gasteiger partial charge in [0.15, 0.2) is 5.65 Å². The predicted molar refractivity (Wildman–Crippen MR) is 94.5 cm³/mol. The summed E-state index contributed by atoms with van der Waals surface area (Å²) in [5, 5.41) is 17.6. The zero-order valence-corrected chi connectivity index (χ0v) is 14.0. The van der Waals surface area contributed by atoms with E-state index < -0.39 is 5.92 Å². The number of benzene rings is 1. The van der Waals surface area contributed by atoms with E-state index in [9.17, 15) is 4.79 Å². The number of hydrogen-bond donors (Lipinski definition) is 1. The van der Waals surface area contributed by atoms with E-state index in [1.54, 1.807) is 18.3 Å². The Morgan fingerprint density at radius 1 is 1.27 bits per heavy atom. The topological polar surface area (TPSA) is 96.5 Å². The summed E-state index contributed by atoms with van der Waals surface area (Å²) in [7, 11) is 0. The van der Waals surface area contributed by atoms with Crippen molar-refractivity contribution in [1.29, 1.82) is 5.26 Å². The van der Waals surface area contributed by atoms with Crippen molar-refractivity contribution in [2.45, 2.75) is 37.6 Å². The number of carbonyl (C=O) groups is 1. The average Bonchev–Trinajstić information content (AvgIpc) is 3.37. The molecule has 1 unspecified atom stereocenters. The van der Waals surface area contributed by atoms with Gasteiger partial charge in [0.05, 0.1) is 28.8 Å². The van der Waals surface area contributed by atoms with Crippen LogP contribution in [0.2, 0.25) is 0 Å². The largest absolute Gasteiger partial charge is 0.325 e. The molecule has 3 aromatic rings. The smallest absolute Gasteiger partial charge is 0.238 e. The van der Waals surface area contributed by atoms with Crippen molar-refractivity contribution in [2.75, 3.05) is 5.32 Å². The van der Waals surface area contributed by atoms with E-state index >= 15 is 0 Å². The number of fused-ring (bicyclic) bond motifs is 2. The fraction of sp³-hybridized carbons (Fsp3) is 0.316. The van der Waals surface area contributed by atoms with Crippen LogP contribution in [-0.4, -0.2) is 25.7 Å². The van der Waals surface area contributed by atoms with Gasteiger partial charge in [0.25, 0.3) is 0 Å². The molecule has 0 bridgehead atoms. The van der Waals surface area contributed by atoms with Gasteiger partial charge >= 0.3 is 0 Å². The monoisotopic (exact) mass is 344 g/mol. The van der Waals surface area contributed by atoms with Crippen LogP contribution in [0.5, 0.6) is 0 Å². The molecule has 1 amide bonds. The Morgan fingerprint density at radius 2 is 2.12 bits per heavy atom. The normalized spacial score (nSPS) is 19.5. The number of carbonyl (C=O) groups excluding carboxylic acids is 1. The quantitative estimate of drug-likeness (QED) is 0.771. The van der Waals surface area contributed by atoms with Crippen molar-refractivity contribution < 1.29 is 4.79 Å². The summed E-state index contributed by atoms with van der Waals surface area (Å²) in [4.78, 5) is 21.3. The molecule has 0 saturated heterocycles. The molecule has 5 rings (SSSR count). The molecule has 1 atom stereocenters. The first-order valence-electron chi connectivity index (χ1n) is 8.79. The Balaban J connectivity index is 1.73. The average molecular weight is 344 g/mol. The van der Waals surface area contributed by atoms with Gasteiger partial charge in [0, 0.05) is 11.9 Å². The van der Waals surface area contributed by atoms with E-state index in [4.69, 9.17) is 10.4 Å². The number of aromatic nitrogens is 4. The van der Waals surface area contributed by atoms with Crippen LogP contribution in [0.1, 0.15) is 54.5 Å². The van der Waals surface area contributed by atoms with Crippen molar-refractivity contribution in [3.8, 4) is 6.07 Å². The molecule has 2 aliphatic rings. The third-order valence-corrected chi connectivity index (χ3v) is 5.37. The molecule has 0 spiro atoms. The number of amides is 1. The summed E-state index contributed by atoms with van der Waals surface area (Å²) in [6.07, 6.45) is 7.69. The molecule has 2 aromatic heterocycles. The Labute approximate surface area is 149 Å². The van der Waals surface area contributed by atoms with Crippen LogP contribution in [0.25, 0.3) is 11.0 Å². The van der Waals surface area contributed by atoms with E-state index in [-0.39, 0.29) is 11.9 Å². The molecule has 3 heterocycles. The molecule has 128 valence electrons. The van der Waals surface area contributed by atoms with Crippen molar-refractivity contribution in [2.24, 2.45) is 0 Å². The molecule has 1 saturated carbocycles. The highest BCUT2D eigenvalue weighted by molar-refractivity contribution is 6.06. The Morgan fingerprint density at radius 3 is 2.92 bits per heavy atom. The van der Waals surface area contributed by atoms with Crippen LogP contribution >= 0.6 is 0 Å². The SMILES string of the molecule is N#Cc1ccc2c(c1)NC(=O)C2c1c2cncnc2nn1C1CCCC1. The lowest BCUT2D eigenvalue weighted by Gasteiger charge is -2.17. The maximum atomic E-state index is 12.9. The maximum absolute atomic E-state index is 12.9. The van der Waals surface area contributed by atoms with Crippen molar-refractivity contribution in [1.82, 2.24) is 19.7 Å². The first-order chi connectivity index (χ1) is 12.8. The number of nitrogens with one attached hydrogen (secondary N) is 1. The summed E-state index contributed by atoms with van der Waals surface area (Å²) >= 11 is 0. The van der Waals surface area contributed by atoms with Gasteiger partial charge in [-0.05, 0) is 30.5 Å². The number of nitrogens with zero attached hydrogens (tertiary/aromatic N) is 5. The zero-order valence-electron chi connectivity index (χ0n) is 14.0. The van der Waals surface area contributed by atoms with Gasteiger partial charge < -0.3 is 5.32 Å². The molecule has 1 aliphatic carbocycles. The first-order valence-corrected chi connectivity index (χ1v) is 8.79. The lowest BCUT2D eigenvalue weighted by atomic mass is 9.94. The molecule has 1 N–H and O–H groups in total. The highest BCUT2D eigenvalue weighted by atomic mass is 16.2. The van der Waals surface area contributed by atoms with Crippen molar-refractivity contribution in [3.63, 3.8) is 0 Å². The number of rotatable bonds is 2. The molecule has 0 radical (unpaired) electrons. The van der Waals surface area contributed by atoms with Gasteiger partial charge in [-0.25, -0.2) is 9.97 Å². The minimum atomic E-state index is -0.464. The number of hydrogen-bond acceptors (Lipinski definition) is 5. The number of anilines is 1. The molecular formula is C19H16N6O. The first kappa shape index (κ1) is 15.0. The molecular weight excluding hydrogens is 328 g/mol. The highest BCUT2D eigenvalue weighted by Gasteiger charge is 2.38. The Hall–Kier alpha value is -3.27.